The number of halogens is 2. The molecule has 0 unspecified atom stereocenters. The first-order chi connectivity index (χ1) is 9.80. The highest BCUT2D eigenvalue weighted by molar-refractivity contribution is 9.11. The highest BCUT2D eigenvalue weighted by atomic mass is 79.9. The van der Waals surface area contributed by atoms with Crippen molar-refractivity contribution in [2.75, 3.05) is 25.6 Å². The van der Waals surface area contributed by atoms with Gasteiger partial charge in [-0.3, -0.25) is 0 Å². The summed E-state index contributed by atoms with van der Waals surface area (Å²) in [5.74, 6) is 0. The van der Waals surface area contributed by atoms with Crippen LogP contribution in [-0.2, 0) is 14.8 Å². The third kappa shape index (κ3) is 3.77. The van der Waals surface area contributed by atoms with Crippen LogP contribution < -0.4 is 10.5 Å². The minimum absolute atomic E-state index is 0.0231. The van der Waals surface area contributed by atoms with E-state index in [0.717, 1.165) is 0 Å². The first kappa shape index (κ1) is 17.2. The number of hydrogen-bond acceptors (Lipinski definition) is 5. The van der Waals surface area contributed by atoms with E-state index in [1.807, 2.05) is 0 Å². The highest BCUT2D eigenvalue weighted by Gasteiger charge is 2.37. The zero-order valence-corrected chi connectivity index (χ0v) is 15.1. The van der Waals surface area contributed by atoms with Gasteiger partial charge in [-0.15, -0.1) is 0 Å². The van der Waals surface area contributed by atoms with Crippen molar-refractivity contribution < 1.29 is 18.3 Å². The average molecular weight is 444 g/mol. The van der Waals surface area contributed by atoms with E-state index in [0.29, 0.717) is 35.0 Å². The zero-order chi connectivity index (χ0) is 15.7. The third-order valence-corrected chi connectivity index (χ3v) is 6.45. The van der Waals surface area contributed by atoms with Crippen molar-refractivity contribution in [1.29, 1.82) is 0 Å². The molecule has 0 saturated carbocycles. The molecule has 1 saturated heterocycles. The standard InChI is InChI=1S/C12H16Br2N2O4S/c13-8-5-9(14)11(10(15)6-8)21(18,19)16-12(7-17)1-3-20-4-2-12/h5-6,16-17H,1-4,7,15H2. The molecule has 9 heteroatoms. The summed E-state index contributed by atoms with van der Waals surface area (Å²) in [6, 6.07) is 3.13. The Morgan fingerprint density at radius 2 is 1.95 bits per heavy atom. The molecule has 1 fully saturated rings. The van der Waals surface area contributed by atoms with Crippen LogP contribution in [0.4, 0.5) is 5.69 Å². The first-order valence-corrected chi connectivity index (χ1v) is 9.34. The van der Waals surface area contributed by atoms with Crippen LogP contribution in [0.3, 0.4) is 0 Å². The Morgan fingerprint density at radius 3 is 2.48 bits per heavy atom. The van der Waals surface area contributed by atoms with Crippen molar-refractivity contribution in [3.8, 4) is 0 Å². The molecule has 1 aromatic carbocycles. The SMILES string of the molecule is Nc1cc(Br)cc(Br)c1S(=O)(=O)NC1(CO)CCOCC1. The average Bonchev–Trinajstić information content (AvgIpc) is 2.37. The predicted molar refractivity (Wildman–Crippen MR) is 86.4 cm³/mol. The van der Waals surface area contributed by atoms with Gasteiger partial charge in [-0.25, -0.2) is 13.1 Å². The Hall–Kier alpha value is -0.190. The molecular formula is C12H16Br2N2O4S. The van der Waals surface area contributed by atoms with E-state index in [4.69, 9.17) is 10.5 Å². The molecule has 0 aromatic heterocycles. The summed E-state index contributed by atoms with van der Waals surface area (Å²) in [7, 11) is -3.87. The molecule has 4 N–H and O–H groups in total. The quantitative estimate of drug-likeness (QED) is 0.613. The van der Waals surface area contributed by atoms with Crippen molar-refractivity contribution in [1.82, 2.24) is 4.72 Å². The van der Waals surface area contributed by atoms with Gasteiger partial charge in [-0.1, -0.05) is 15.9 Å². The highest BCUT2D eigenvalue weighted by Crippen LogP contribution is 2.33. The fourth-order valence-electron chi connectivity index (χ4n) is 2.25. The fourth-order valence-corrected chi connectivity index (χ4v) is 5.78. The van der Waals surface area contributed by atoms with E-state index in [1.165, 1.54) is 6.07 Å². The Balaban J connectivity index is 2.38. The lowest BCUT2D eigenvalue weighted by atomic mass is 9.93. The summed E-state index contributed by atoms with van der Waals surface area (Å²) in [6.07, 6.45) is 0.827. The summed E-state index contributed by atoms with van der Waals surface area (Å²) < 4.78 is 34.1. The second-order valence-corrected chi connectivity index (χ2v) is 8.35. The second kappa shape index (κ2) is 6.51. The summed E-state index contributed by atoms with van der Waals surface area (Å²) >= 11 is 6.48. The molecule has 118 valence electrons. The maximum atomic E-state index is 12.6. The maximum Gasteiger partial charge on any atom is 0.244 e. The lowest BCUT2D eigenvalue weighted by Gasteiger charge is -2.36. The Morgan fingerprint density at radius 1 is 1.33 bits per heavy atom. The molecule has 1 aromatic rings. The monoisotopic (exact) mass is 442 g/mol. The summed E-state index contributed by atoms with van der Waals surface area (Å²) in [6.45, 7) is 0.518. The molecule has 21 heavy (non-hydrogen) atoms. The number of aliphatic hydroxyl groups excluding tert-OH is 1. The Kier molecular flexibility index (Phi) is 5.32. The molecular weight excluding hydrogens is 428 g/mol. The molecule has 0 atom stereocenters. The van der Waals surface area contributed by atoms with Crippen LogP contribution in [-0.4, -0.2) is 38.9 Å². The number of anilines is 1. The van der Waals surface area contributed by atoms with Crippen LogP contribution in [0.25, 0.3) is 0 Å². The van der Waals surface area contributed by atoms with E-state index >= 15 is 0 Å². The number of hydrogen-bond donors (Lipinski definition) is 3. The van der Waals surface area contributed by atoms with Gasteiger partial charge in [0, 0.05) is 22.2 Å². The minimum atomic E-state index is -3.87. The predicted octanol–water partition coefficient (Wildman–Crippen LogP) is 1.61. The van der Waals surface area contributed by atoms with Gasteiger partial charge in [-0.2, -0.15) is 0 Å². The minimum Gasteiger partial charge on any atom is -0.398 e. The van der Waals surface area contributed by atoms with Crippen LogP contribution in [0.5, 0.6) is 0 Å². The molecule has 0 amide bonds. The number of nitrogens with two attached hydrogens (primary N) is 1. The largest absolute Gasteiger partial charge is 0.398 e. The van der Waals surface area contributed by atoms with Crippen LogP contribution in [0.1, 0.15) is 12.8 Å². The lowest BCUT2D eigenvalue weighted by Crippen LogP contribution is -2.54. The third-order valence-electron chi connectivity index (χ3n) is 3.41. The Labute approximate surface area is 140 Å². The normalized spacial score (nSPS) is 18.6. The number of benzene rings is 1. The molecule has 0 radical (unpaired) electrons. The van der Waals surface area contributed by atoms with Crippen molar-refractivity contribution in [3.63, 3.8) is 0 Å². The van der Waals surface area contributed by atoms with E-state index in [-0.39, 0.29) is 17.2 Å². The molecule has 2 rings (SSSR count). The molecule has 0 bridgehead atoms. The van der Waals surface area contributed by atoms with Crippen LogP contribution in [0, 0.1) is 0 Å². The number of nitrogens with one attached hydrogen (secondary N) is 1. The van der Waals surface area contributed by atoms with E-state index in [2.05, 4.69) is 36.6 Å². The summed E-state index contributed by atoms with van der Waals surface area (Å²) in [5.41, 5.74) is 5.05. The van der Waals surface area contributed by atoms with Gasteiger partial charge in [0.15, 0.2) is 0 Å². The zero-order valence-electron chi connectivity index (χ0n) is 11.1. The van der Waals surface area contributed by atoms with Gasteiger partial charge in [0.25, 0.3) is 0 Å². The van der Waals surface area contributed by atoms with Gasteiger partial charge in [-0.05, 0) is 40.9 Å². The molecule has 1 aliphatic heterocycles. The van der Waals surface area contributed by atoms with Crippen LogP contribution >= 0.6 is 31.9 Å². The van der Waals surface area contributed by atoms with Crippen molar-refractivity contribution in [2.45, 2.75) is 23.3 Å². The van der Waals surface area contributed by atoms with Crippen molar-refractivity contribution >= 4 is 47.6 Å². The van der Waals surface area contributed by atoms with E-state index < -0.39 is 15.6 Å². The molecule has 1 aliphatic rings. The number of sulfonamides is 1. The smallest absolute Gasteiger partial charge is 0.244 e. The van der Waals surface area contributed by atoms with Gasteiger partial charge >= 0.3 is 0 Å². The van der Waals surface area contributed by atoms with Crippen LogP contribution in [0.15, 0.2) is 26.0 Å². The van der Waals surface area contributed by atoms with Gasteiger partial charge in [0.2, 0.25) is 10.0 Å². The fraction of sp³-hybridized carbons (Fsp3) is 0.500. The number of aliphatic hydroxyl groups is 1. The maximum absolute atomic E-state index is 12.6. The Bertz CT molecular complexity index is 607. The summed E-state index contributed by atoms with van der Waals surface area (Å²) in [5, 5.41) is 9.60. The second-order valence-electron chi connectivity index (χ2n) is 4.96. The topological polar surface area (TPSA) is 102 Å². The van der Waals surface area contributed by atoms with Crippen molar-refractivity contribution in [2.24, 2.45) is 0 Å². The molecule has 0 aliphatic carbocycles. The first-order valence-electron chi connectivity index (χ1n) is 6.27. The van der Waals surface area contributed by atoms with Gasteiger partial charge < -0.3 is 15.6 Å². The summed E-state index contributed by atoms with van der Waals surface area (Å²) in [4.78, 5) is -0.0231. The molecule has 0 spiro atoms. The van der Waals surface area contributed by atoms with E-state index in [9.17, 15) is 13.5 Å². The van der Waals surface area contributed by atoms with Crippen LogP contribution in [0.2, 0.25) is 0 Å². The molecule has 1 heterocycles. The molecule has 6 nitrogen and oxygen atoms in total. The van der Waals surface area contributed by atoms with Crippen molar-refractivity contribution in [3.05, 3.63) is 21.1 Å². The van der Waals surface area contributed by atoms with Gasteiger partial charge in [0.05, 0.1) is 17.8 Å². The number of nitrogen functional groups attached to an aromatic ring is 1. The van der Waals surface area contributed by atoms with Gasteiger partial charge in [0.1, 0.15) is 4.90 Å². The number of rotatable bonds is 4. The van der Waals surface area contributed by atoms with E-state index in [1.54, 1.807) is 6.07 Å². The lowest BCUT2D eigenvalue weighted by molar-refractivity contribution is 0.0223. The number of ether oxygens (including phenoxy) is 1.